The summed E-state index contributed by atoms with van der Waals surface area (Å²) in [6, 6.07) is 0. The van der Waals surface area contributed by atoms with Gasteiger partial charge in [0.15, 0.2) is 0 Å². The Hall–Kier alpha value is -2.00. The highest BCUT2D eigenvalue weighted by molar-refractivity contribution is 5.85. The van der Waals surface area contributed by atoms with E-state index in [-0.39, 0.29) is 52.1 Å². The minimum absolute atomic E-state index is 0.0692. The third-order valence-electron chi connectivity index (χ3n) is 16.0. The van der Waals surface area contributed by atoms with Gasteiger partial charge < -0.3 is 24.4 Å². The molecule has 2 N–H and O–H groups in total. The van der Waals surface area contributed by atoms with Crippen molar-refractivity contribution in [1.29, 1.82) is 0 Å². The van der Waals surface area contributed by atoms with Gasteiger partial charge in [-0.2, -0.15) is 0 Å². The molecule has 9 heteroatoms. The van der Waals surface area contributed by atoms with Crippen molar-refractivity contribution in [3.8, 4) is 0 Å². The highest BCUT2D eigenvalue weighted by atomic mass is 16.5. The lowest BCUT2D eigenvalue weighted by Crippen LogP contribution is -2.57. The highest BCUT2D eigenvalue weighted by Gasteiger charge is 2.59. The maximum atomic E-state index is 12.1. The van der Waals surface area contributed by atoms with Crippen LogP contribution in [0.3, 0.4) is 0 Å². The number of esters is 3. The average Bonchev–Trinajstić information content (AvgIpc) is 3.07. The van der Waals surface area contributed by atoms with E-state index in [0.717, 1.165) is 83.0 Å². The van der Waals surface area contributed by atoms with Crippen molar-refractivity contribution in [2.45, 2.75) is 177 Å². The quantitative estimate of drug-likeness (QED) is 0.200. The number of aliphatic hydroxyl groups excluding tert-OH is 1. The smallest absolute Gasteiger partial charge is 0.311 e. The predicted molar refractivity (Wildman–Crippen MR) is 216 cm³/mol. The zero-order chi connectivity index (χ0) is 41.6. The molecular formula is C48H76O9. The molecule has 322 valence electrons. The monoisotopic (exact) mass is 797 g/mol. The summed E-state index contributed by atoms with van der Waals surface area (Å²) in [5, 5.41) is 20.9. The average molecular weight is 797 g/mol. The maximum absolute atomic E-state index is 12.1. The molecule has 6 atom stereocenters. The molecular weight excluding hydrogens is 721 g/mol. The predicted octanol–water partition coefficient (Wildman–Crippen LogP) is 8.64. The third kappa shape index (κ3) is 9.20. The fourth-order valence-electron chi connectivity index (χ4n) is 14.3. The van der Waals surface area contributed by atoms with Gasteiger partial charge in [0.2, 0.25) is 0 Å². The summed E-state index contributed by atoms with van der Waals surface area (Å²) in [5.41, 5.74) is -1.38. The first-order chi connectivity index (χ1) is 26.3. The SMILES string of the molecule is CC(C)(C)C(=O)OCC12CC3CC(C1)C(=O)C(C3)C2.CC(C)(C)C(=O)OCC12CC3CC(C1)C(O)C(C3)C2.CC(C)(C)C(=O)OCC12CC3CC(CC(O)(C3)C1)C2. The summed E-state index contributed by atoms with van der Waals surface area (Å²) in [4.78, 5) is 47.9. The topological polar surface area (TPSA) is 136 Å². The molecule has 0 radical (unpaired) electrons. The van der Waals surface area contributed by atoms with Gasteiger partial charge in [-0.15, -0.1) is 0 Å². The first-order valence-electron chi connectivity index (χ1n) is 22.7. The molecule has 6 unspecified atom stereocenters. The largest absolute Gasteiger partial charge is 0.465 e. The van der Waals surface area contributed by atoms with Crippen molar-refractivity contribution in [2.75, 3.05) is 19.8 Å². The number of aliphatic hydroxyl groups is 2. The Morgan fingerprint density at radius 2 is 0.895 bits per heavy atom. The van der Waals surface area contributed by atoms with Gasteiger partial charge in [-0.1, -0.05) is 0 Å². The van der Waals surface area contributed by atoms with Crippen LogP contribution < -0.4 is 0 Å². The number of hydrogen-bond acceptors (Lipinski definition) is 9. The zero-order valence-corrected chi connectivity index (χ0v) is 36.9. The van der Waals surface area contributed by atoms with E-state index in [4.69, 9.17) is 14.2 Å². The third-order valence-corrected chi connectivity index (χ3v) is 16.0. The van der Waals surface area contributed by atoms with Gasteiger partial charge in [0.1, 0.15) is 5.78 Å². The van der Waals surface area contributed by atoms with Crippen LogP contribution in [0.2, 0.25) is 0 Å². The molecule has 12 aliphatic rings. The van der Waals surface area contributed by atoms with Crippen LogP contribution in [0.4, 0.5) is 0 Å². The Kier molecular flexibility index (Phi) is 11.2. The van der Waals surface area contributed by atoms with Crippen molar-refractivity contribution >= 4 is 23.7 Å². The minimum Gasteiger partial charge on any atom is -0.465 e. The van der Waals surface area contributed by atoms with Gasteiger partial charge in [0.25, 0.3) is 0 Å². The molecule has 0 aromatic heterocycles. The van der Waals surface area contributed by atoms with Crippen molar-refractivity contribution in [2.24, 2.45) is 79.8 Å². The lowest BCUT2D eigenvalue weighted by Gasteiger charge is -2.59. The van der Waals surface area contributed by atoms with E-state index in [2.05, 4.69) is 0 Å². The van der Waals surface area contributed by atoms with Crippen LogP contribution in [0.1, 0.15) is 165 Å². The summed E-state index contributed by atoms with van der Waals surface area (Å²) in [6.07, 6.45) is 17.2. The lowest BCUT2D eigenvalue weighted by molar-refractivity contribution is -0.190. The van der Waals surface area contributed by atoms with Crippen molar-refractivity contribution in [1.82, 2.24) is 0 Å². The Morgan fingerprint density at radius 1 is 0.526 bits per heavy atom. The molecule has 12 bridgehead atoms. The van der Waals surface area contributed by atoms with E-state index in [9.17, 15) is 29.4 Å². The number of carbonyl (C=O) groups excluding carboxylic acids is 4. The molecule has 0 amide bonds. The standard InChI is InChI=1S/2C16H26O3.C16H24O3/c1-14(2,3)13(17)19-10-15-5-11-4-12(6-15)8-16(18,7-11)9-15;2*1-15(2,3)14(18)19-9-16-6-10-4-11(7-16)13(17)12(5-10)8-16/h11-12,18H,4-10H2,1-3H3;10-13,17H,4-9H2,1-3H3;10-12H,4-9H2,1-3H3. The van der Waals surface area contributed by atoms with Crippen LogP contribution in [0.5, 0.6) is 0 Å². The van der Waals surface area contributed by atoms with Crippen LogP contribution in [-0.4, -0.2) is 65.4 Å². The van der Waals surface area contributed by atoms with Gasteiger partial charge in [-0.3, -0.25) is 19.2 Å². The van der Waals surface area contributed by atoms with Crippen molar-refractivity contribution in [3.05, 3.63) is 0 Å². The summed E-state index contributed by atoms with van der Waals surface area (Å²) >= 11 is 0. The highest BCUT2D eigenvalue weighted by Crippen LogP contribution is 2.63. The Bertz CT molecular complexity index is 1510. The second-order valence-electron chi connectivity index (χ2n) is 24.9. The number of hydrogen-bond donors (Lipinski definition) is 2. The molecule has 57 heavy (non-hydrogen) atoms. The fourth-order valence-corrected chi connectivity index (χ4v) is 14.3. The molecule has 12 fully saturated rings. The van der Waals surface area contributed by atoms with Gasteiger partial charge in [0.05, 0.1) is 47.8 Å². The minimum atomic E-state index is -0.460. The van der Waals surface area contributed by atoms with Crippen LogP contribution in [-0.2, 0) is 33.4 Å². The Morgan fingerprint density at radius 3 is 1.30 bits per heavy atom. The van der Waals surface area contributed by atoms with E-state index >= 15 is 0 Å². The van der Waals surface area contributed by atoms with Crippen molar-refractivity contribution in [3.63, 3.8) is 0 Å². The van der Waals surface area contributed by atoms with Crippen molar-refractivity contribution < 1.29 is 43.6 Å². The fraction of sp³-hybridized carbons (Fsp3) is 0.917. The number of ether oxygens (including phenoxy) is 3. The van der Waals surface area contributed by atoms with Gasteiger partial charge >= 0.3 is 17.9 Å². The Balaban J connectivity index is 0.000000131. The van der Waals surface area contributed by atoms with E-state index in [1.807, 2.05) is 62.3 Å². The number of Topliss-reactive ketones (excluding diaryl/α,β-unsaturated/α-hetero) is 1. The molecule has 0 aliphatic heterocycles. The molecule has 0 heterocycles. The molecule has 0 aromatic rings. The van der Waals surface area contributed by atoms with E-state index in [1.165, 1.54) is 25.7 Å². The molecule has 0 saturated heterocycles. The normalized spacial score (nSPS) is 43.1. The molecule has 0 spiro atoms. The van der Waals surface area contributed by atoms with Gasteiger partial charge in [-0.05, 0) is 201 Å². The van der Waals surface area contributed by atoms with Gasteiger partial charge in [-0.25, -0.2) is 0 Å². The second-order valence-corrected chi connectivity index (χ2v) is 24.9. The number of carbonyl (C=O) groups is 4. The maximum Gasteiger partial charge on any atom is 0.311 e. The van der Waals surface area contributed by atoms with Crippen LogP contribution in [0, 0.1) is 79.8 Å². The number of ketones is 1. The first-order valence-corrected chi connectivity index (χ1v) is 22.7. The summed E-state index contributed by atoms with van der Waals surface area (Å²) in [5.74, 6) is 4.37. The van der Waals surface area contributed by atoms with Crippen LogP contribution >= 0.6 is 0 Å². The van der Waals surface area contributed by atoms with Crippen LogP contribution in [0.15, 0.2) is 0 Å². The number of rotatable bonds is 6. The second kappa shape index (κ2) is 14.9. The molecule has 12 rings (SSSR count). The van der Waals surface area contributed by atoms with E-state index in [1.54, 1.807) is 0 Å². The molecule has 9 nitrogen and oxygen atoms in total. The molecule has 0 aromatic carbocycles. The Labute approximate surface area is 342 Å². The van der Waals surface area contributed by atoms with E-state index < -0.39 is 21.8 Å². The first kappa shape index (κ1) is 43.1. The summed E-state index contributed by atoms with van der Waals surface area (Å²) in [7, 11) is 0. The van der Waals surface area contributed by atoms with Crippen LogP contribution in [0.25, 0.3) is 0 Å². The molecule has 12 saturated carbocycles. The van der Waals surface area contributed by atoms with E-state index in [0.29, 0.717) is 55.2 Å². The summed E-state index contributed by atoms with van der Waals surface area (Å²) < 4.78 is 16.8. The zero-order valence-electron chi connectivity index (χ0n) is 36.9. The summed E-state index contributed by atoms with van der Waals surface area (Å²) in [6.45, 7) is 18.7. The van der Waals surface area contributed by atoms with Gasteiger partial charge in [0, 0.05) is 28.1 Å². The lowest BCUT2D eigenvalue weighted by atomic mass is 9.48. The molecule has 12 aliphatic carbocycles.